The maximum atomic E-state index is 13.1. The number of carbonyl (C=O) groups excluding carboxylic acids is 1. The van der Waals surface area contributed by atoms with Crippen LogP contribution in [-0.4, -0.2) is 37.0 Å². The number of anilines is 1. The van der Waals surface area contributed by atoms with Gasteiger partial charge in [-0.25, -0.2) is 4.39 Å². The van der Waals surface area contributed by atoms with E-state index in [1.165, 1.54) is 17.8 Å². The van der Waals surface area contributed by atoms with Crippen LogP contribution < -0.4 is 10.2 Å². The molecule has 1 N–H and O–H groups in total. The number of hydrogen-bond donors (Lipinski definition) is 1. The molecule has 0 aromatic heterocycles. The van der Waals surface area contributed by atoms with E-state index in [-0.39, 0.29) is 11.7 Å². The molecule has 0 saturated carbocycles. The second-order valence-electron chi connectivity index (χ2n) is 8.52. The summed E-state index contributed by atoms with van der Waals surface area (Å²) in [6.07, 6.45) is 0. The Labute approximate surface area is 189 Å². The molecule has 1 heterocycles. The first-order valence-corrected chi connectivity index (χ1v) is 11.1. The topological polar surface area (TPSA) is 35.6 Å². The quantitative estimate of drug-likeness (QED) is 0.615. The Morgan fingerprint density at radius 1 is 0.938 bits per heavy atom. The van der Waals surface area contributed by atoms with Crippen molar-refractivity contribution < 1.29 is 9.18 Å². The molecule has 0 bridgehead atoms. The number of rotatable bonds is 6. The van der Waals surface area contributed by atoms with Crippen LogP contribution in [0.25, 0.3) is 0 Å². The molecule has 3 aromatic carbocycles. The third kappa shape index (κ3) is 5.35. The zero-order valence-electron chi connectivity index (χ0n) is 18.8. The van der Waals surface area contributed by atoms with Crippen LogP contribution >= 0.6 is 0 Å². The van der Waals surface area contributed by atoms with Gasteiger partial charge < -0.3 is 10.2 Å². The zero-order valence-corrected chi connectivity index (χ0v) is 18.8. The summed E-state index contributed by atoms with van der Waals surface area (Å²) in [5, 5.41) is 3.10. The number of nitrogens with one attached hydrogen (secondary N) is 1. The van der Waals surface area contributed by atoms with Crippen LogP contribution in [0.2, 0.25) is 0 Å². The summed E-state index contributed by atoms with van der Waals surface area (Å²) in [5.74, 6) is -0.232. The van der Waals surface area contributed by atoms with Crippen molar-refractivity contribution in [3.05, 3.63) is 100 Å². The van der Waals surface area contributed by atoms with Crippen LogP contribution in [0.5, 0.6) is 0 Å². The fraction of sp³-hybridized carbons (Fsp3) is 0.296. The minimum absolute atomic E-state index is 0.0369. The van der Waals surface area contributed by atoms with Gasteiger partial charge in [0.05, 0.1) is 0 Å². The maximum absolute atomic E-state index is 13.1. The number of amides is 1. The SMILES string of the molecule is Cc1ccc(C)c(C(=O)NCc2ccccc2N2CCN(Cc3ccc(F)cc3)CC2)c1. The lowest BCUT2D eigenvalue weighted by molar-refractivity contribution is 0.0950. The van der Waals surface area contributed by atoms with E-state index in [0.717, 1.165) is 60.5 Å². The minimum Gasteiger partial charge on any atom is -0.369 e. The number of carbonyl (C=O) groups is 1. The van der Waals surface area contributed by atoms with Crippen molar-refractivity contribution in [3.8, 4) is 0 Å². The number of para-hydroxylation sites is 1. The Hall–Kier alpha value is -3.18. The summed E-state index contributed by atoms with van der Waals surface area (Å²) >= 11 is 0. The summed E-state index contributed by atoms with van der Waals surface area (Å²) in [5.41, 5.74) is 6.23. The molecule has 1 aliphatic rings. The first kappa shape index (κ1) is 22.0. The fourth-order valence-electron chi connectivity index (χ4n) is 4.21. The van der Waals surface area contributed by atoms with Gasteiger partial charge in [-0.2, -0.15) is 0 Å². The van der Waals surface area contributed by atoms with Gasteiger partial charge in [0.25, 0.3) is 5.91 Å². The molecule has 0 atom stereocenters. The van der Waals surface area contributed by atoms with E-state index in [0.29, 0.717) is 6.54 Å². The van der Waals surface area contributed by atoms with E-state index in [4.69, 9.17) is 0 Å². The number of benzene rings is 3. The molecule has 32 heavy (non-hydrogen) atoms. The molecule has 3 aromatic rings. The fourth-order valence-corrected chi connectivity index (χ4v) is 4.21. The molecule has 166 valence electrons. The number of halogens is 1. The third-order valence-electron chi connectivity index (χ3n) is 6.10. The van der Waals surface area contributed by atoms with Gasteiger partial charge in [0.1, 0.15) is 5.82 Å². The van der Waals surface area contributed by atoms with Gasteiger partial charge in [0.2, 0.25) is 0 Å². The predicted octanol–water partition coefficient (Wildman–Crippen LogP) is 4.69. The second kappa shape index (κ2) is 9.96. The van der Waals surface area contributed by atoms with Crippen LogP contribution in [0.3, 0.4) is 0 Å². The lowest BCUT2D eigenvalue weighted by Gasteiger charge is -2.37. The van der Waals surface area contributed by atoms with Crippen LogP contribution in [0.4, 0.5) is 10.1 Å². The van der Waals surface area contributed by atoms with Crippen molar-refractivity contribution in [2.45, 2.75) is 26.9 Å². The van der Waals surface area contributed by atoms with Gasteiger partial charge in [0.15, 0.2) is 0 Å². The number of nitrogens with zero attached hydrogens (tertiary/aromatic N) is 2. The van der Waals surface area contributed by atoms with Crippen molar-refractivity contribution >= 4 is 11.6 Å². The van der Waals surface area contributed by atoms with Crippen molar-refractivity contribution in [1.29, 1.82) is 0 Å². The van der Waals surface area contributed by atoms with E-state index >= 15 is 0 Å². The van der Waals surface area contributed by atoms with E-state index in [2.05, 4.69) is 33.3 Å². The Bertz CT molecular complexity index is 1070. The molecule has 1 amide bonds. The van der Waals surface area contributed by atoms with Crippen molar-refractivity contribution in [2.75, 3.05) is 31.1 Å². The molecule has 1 aliphatic heterocycles. The van der Waals surface area contributed by atoms with E-state index in [1.54, 1.807) is 0 Å². The number of aryl methyl sites for hydroxylation is 2. The summed E-state index contributed by atoms with van der Waals surface area (Å²) in [7, 11) is 0. The Morgan fingerprint density at radius 3 is 2.41 bits per heavy atom. The lowest BCUT2D eigenvalue weighted by Crippen LogP contribution is -2.46. The molecule has 0 spiro atoms. The van der Waals surface area contributed by atoms with E-state index in [1.807, 2.05) is 50.2 Å². The van der Waals surface area contributed by atoms with E-state index < -0.39 is 0 Å². The zero-order chi connectivity index (χ0) is 22.5. The van der Waals surface area contributed by atoms with Gasteiger partial charge in [-0.05, 0) is 54.8 Å². The van der Waals surface area contributed by atoms with E-state index in [9.17, 15) is 9.18 Å². The van der Waals surface area contributed by atoms with Crippen molar-refractivity contribution in [3.63, 3.8) is 0 Å². The summed E-state index contributed by atoms with van der Waals surface area (Å²) < 4.78 is 13.1. The monoisotopic (exact) mass is 431 g/mol. The smallest absolute Gasteiger partial charge is 0.251 e. The molecular weight excluding hydrogens is 401 g/mol. The summed E-state index contributed by atoms with van der Waals surface area (Å²) in [6, 6.07) is 21.0. The molecule has 1 fully saturated rings. The van der Waals surface area contributed by atoms with Gasteiger partial charge in [0, 0.05) is 50.5 Å². The normalized spacial score (nSPS) is 14.4. The largest absolute Gasteiger partial charge is 0.369 e. The standard InChI is InChI=1S/C27H30FN3O/c1-20-7-8-21(2)25(17-20)27(32)29-18-23-5-3-4-6-26(23)31-15-13-30(14-16-31)19-22-9-11-24(28)12-10-22/h3-12,17H,13-16,18-19H2,1-2H3,(H,29,32). The molecule has 1 saturated heterocycles. The highest BCUT2D eigenvalue weighted by atomic mass is 19.1. The summed E-state index contributed by atoms with van der Waals surface area (Å²) in [4.78, 5) is 17.5. The van der Waals surface area contributed by atoms with Gasteiger partial charge in [-0.3, -0.25) is 9.69 Å². The maximum Gasteiger partial charge on any atom is 0.251 e. The average Bonchev–Trinajstić information content (AvgIpc) is 2.81. The molecule has 4 nitrogen and oxygen atoms in total. The highest BCUT2D eigenvalue weighted by molar-refractivity contribution is 5.95. The van der Waals surface area contributed by atoms with Gasteiger partial charge >= 0.3 is 0 Å². The van der Waals surface area contributed by atoms with Crippen LogP contribution in [0.15, 0.2) is 66.7 Å². The molecular formula is C27H30FN3O. The van der Waals surface area contributed by atoms with Crippen molar-refractivity contribution in [1.82, 2.24) is 10.2 Å². The first-order chi connectivity index (χ1) is 15.5. The highest BCUT2D eigenvalue weighted by Gasteiger charge is 2.19. The lowest BCUT2D eigenvalue weighted by atomic mass is 10.0. The second-order valence-corrected chi connectivity index (χ2v) is 8.52. The first-order valence-electron chi connectivity index (χ1n) is 11.1. The molecule has 0 unspecified atom stereocenters. The minimum atomic E-state index is -0.195. The number of piperazine rings is 1. The summed E-state index contributed by atoms with van der Waals surface area (Å²) in [6.45, 7) is 9.03. The van der Waals surface area contributed by atoms with Crippen LogP contribution in [0, 0.1) is 19.7 Å². The Balaban J connectivity index is 1.37. The van der Waals surface area contributed by atoms with Gasteiger partial charge in [-0.15, -0.1) is 0 Å². The predicted molar refractivity (Wildman–Crippen MR) is 127 cm³/mol. The number of hydrogen-bond acceptors (Lipinski definition) is 3. The molecule has 0 aliphatic carbocycles. The third-order valence-corrected chi connectivity index (χ3v) is 6.10. The molecule has 5 heteroatoms. The highest BCUT2D eigenvalue weighted by Crippen LogP contribution is 2.23. The van der Waals surface area contributed by atoms with Crippen LogP contribution in [0.1, 0.15) is 32.6 Å². The Morgan fingerprint density at radius 2 is 1.66 bits per heavy atom. The van der Waals surface area contributed by atoms with Crippen molar-refractivity contribution in [2.24, 2.45) is 0 Å². The molecule has 0 radical (unpaired) electrons. The van der Waals surface area contributed by atoms with Gasteiger partial charge in [-0.1, -0.05) is 48.0 Å². The average molecular weight is 432 g/mol. The van der Waals surface area contributed by atoms with Crippen LogP contribution in [-0.2, 0) is 13.1 Å². The molecule has 4 rings (SSSR count). The Kier molecular flexibility index (Phi) is 6.86.